The molecule has 0 radical (unpaired) electrons. The van der Waals surface area contributed by atoms with Crippen LogP contribution >= 0.6 is 22.9 Å². The van der Waals surface area contributed by atoms with Gasteiger partial charge in [0, 0.05) is 0 Å². The Hall–Kier alpha value is -1.23. The molecule has 1 heterocycles. The Labute approximate surface area is 134 Å². The van der Waals surface area contributed by atoms with E-state index in [1.54, 1.807) is 0 Å². The lowest BCUT2D eigenvalue weighted by Gasteiger charge is -2.15. The fraction of sp³-hybridized carbons (Fsp3) is 0.375. The average Bonchev–Trinajstić information content (AvgIpc) is 2.81. The van der Waals surface area contributed by atoms with Crippen LogP contribution in [0.25, 0.3) is 0 Å². The van der Waals surface area contributed by atoms with Gasteiger partial charge in [-0.1, -0.05) is 17.7 Å². The minimum atomic E-state index is -0.758. The second kappa shape index (κ2) is 7.16. The summed E-state index contributed by atoms with van der Waals surface area (Å²) in [7, 11) is 0. The molecule has 0 aliphatic heterocycles. The Kier molecular flexibility index (Phi) is 5.51. The lowest BCUT2D eigenvalue weighted by molar-refractivity contribution is 0.222. The molecule has 1 aromatic carbocycles. The predicted octanol–water partition coefficient (Wildman–Crippen LogP) is 4.59. The van der Waals surface area contributed by atoms with Gasteiger partial charge in [-0.05, 0) is 49.4 Å². The molecule has 0 spiro atoms. The van der Waals surface area contributed by atoms with Gasteiger partial charge in [0.25, 0.3) is 0 Å². The third kappa shape index (κ3) is 3.51. The van der Waals surface area contributed by atoms with Crippen LogP contribution in [0.5, 0.6) is 11.5 Å². The molecule has 0 aliphatic carbocycles. The molecular weight excluding hydrogens is 308 g/mol. The first-order valence-electron chi connectivity index (χ1n) is 6.89. The van der Waals surface area contributed by atoms with Gasteiger partial charge in [0.05, 0.1) is 23.1 Å². The third-order valence-electron chi connectivity index (χ3n) is 3.06. The molecular formula is C16H19ClO3S. The molecule has 114 valence electrons. The molecule has 0 saturated carbocycles. The van der Waals surface area contributed by atoms with E-state index in [1.165, 1.54) is 11.3 Å². The quantitative estimate of drug-likeness (QED) is 0.843. The first kappa shape index (κ1) is 16.1. The van der Waals surface area contributed by atoms with E-state index in [0.29, 0.717) is 29.7 Å². The number of aliphatic hydroxyl groups excluding tert-OH is 1. The van der Waals surface area contributed by atoms with Crippen molar-refractivity contribution in [3.05, 3.63) is 44.6 Å². The number of thiophene rings is 1. The number of benzene rings is 1. The van der Waals surface area contributed by atoms with E-state index in [-0.39, 0.29) is 0 Å². The van der Waals surface area contributed by atoms with Gasteiger partial charge in [0.1, 0.15) is 6.10 Å². The van der Waals surface area contributed by atoms with Crippen LogP contribution in [0.4, 0.5) is 0 Å². The van der Waals surface area contributed by atoms with E-state index in [9.17, 15) is 5.11 Å². The summed E-state index contributed by atoms with van der Waals surface area (Å²) in [4.78, 5) is 0.751. The van der Waals surface area contributed by atoms with E-state index >= 15 is 0 Å². The fourth-order valence-corrected chi connectivity index (χ4v) is 3.33. The Bertz CT molecular complexity index is 610. The smallest absolute Gasteiger partial charge is 0.161 e. The van der Waals surface area contributed by atoms with Crippen molar-refractivity contribution in [1.29, 1.82) is 0 Å². The lowest BCUT2D eigenvalue weighted by Crippen LogP contribution is -2.02. The maximum absolute atomic E-state index is 10.5. The van der Waals surface area contributed by atoms with Crippen molar-refractivity contribution in [3.63, 3.8) is 0 Å². The molecule has 1 atom stereocenters. The molecule has 3 nitrogen and oxygen atoms in total. The predicted molar refractivity (Wildman–Crippen MR) is 86.9 cm³/mol. The number of halogens is 1. The van der Waals surface area contributed by atoms with Crippen LogP contribution in [-0.4, -0.2) is 18.3 Å². The highest BCUT2D eigenvalue weighted by atomic mass is 35.5. The molecule has 1 N–H and O–H groups in total. The summed E-state index contributed by atoms with van der Waals surface area (Å²) in [5, 5.41) is 13.1. The molecule has 21 heavy (non-hydrogen) atoms. The van der Waals surface area contributed by atoms with E-state index in [1.807, 2.05) is 44.4 Å². The van der Waals surface area contributed by atoms with Crippen LogP contribution in [0.3, 0.4) is 0 Å². The molecule has 0 fully saturated rings. The third-order valence-corrected chi connectivity index (χ3v) is 4.82. The van der Waals surface area contributed by atoms with Crippen LogP contribution in [0.15, 0.2) is 23.6 Å². The number of ether oxygens (including phenoxy) is 2. The first-order chi connectivity index (χ1) is 10.1. The fourth-order valence-electron chi connectivity index (χ4n) is 2.02. The largest absolute Gasteiger partial charge is 0.490 e. The van der Waals surface area contributed by atoms with Gasteiger partial charge >= 0.3 is 0 Å². The summed E-state index contributed by atoms with van der Waals surface area (Å²) >= 11 is 7.69. The van der Waals surface area contributed by atoms with Crippen molar-refractivity contribution < 1.29 is 14.6 Å². The summed E-state index contributed by atoms with van der Waals surface area (Å²) < 4.78 is 11.1. The van der Waals surface area contributed by atoms with Crippen LogP contribution in [0.2, 0.25) is 5.02 Å². The van der Waals surface area contributed by atoms with E-state index in [0.717, 1.165) is 16.0 Å². The first-order valence-corrected chi connectivity index (χ1v) is 8.15. The molecule has 0 amide bonds. The van der Waals surface area contributed by atoms with Crippen molar-refractivity contribution in [1.82, 2.24) is 0 Å². The molecule has 2 aromatic rings. The lowest BCUT2D eigenvalue weighted by atomic mass is 10.1. The second-order valence-corrected chi connectivity index (χ2v) is 5.86. The molecule has 0 bridgehead atoms. The number of aliphatic hydroxyl groups is 1. The van der Waals surface area contributed by atoms with E-state index < -0.39 is 6.10 Å². The van der Waals surface area contributed by atoms with Gasteiger partial charge in [-0.15, -0.1) is 11.3 Å². The normalized spacial score (nSPS) is 12.2. The standard InChI is InChI=1S/C16H19ClO3S/c1-4-19-12-7-6-11(8-13(12)20-5-2)15(18)16-14(17)10(3)9-21-16/h6-9,15,18H,4-5H2,1-3H3. The summed E-state index contributed by atoms with van der Waals surface area (Å²) in [5.41, 5.74) is 1.72. The summed E-state index contributed by atoms with van der Waals surface area (Å²) in [6.07, 6.45) is -0.758. The Morgan fingerprint density at radius 2 is 1.86 bits per heavy atom. The van der Waals surface area contributed by atoms with Gasteiger partial charge in [-0.25, -0.2) is 0 Å². The van der Waals surface area contributed by atoms with Crippen LogP contribution in [0.1, 0.15) is 36.0 Å². The summed E-state index contributed by atoms with van der Waals surface area (Å²) in [5.74, 6) is 1.32. The number of hydrogen-bond acceptors (Lipinski definition) is 4. The SMILES string of the molecule is CCOc1ccc(C(O)c2scc(C)c2Cl)cc1OCC. The van der Waals surface area contributed by atoms with Crippen molar-refractivity contribution in [3.8, 4) is 11.5 Å². The number of rotatable bonds is 6. The average molecular weight is 327 g/mol. The van der Waals surface area contributed by atoms with Crippen LogP contribution in [-0.2, 0) is 0 Å². The van der Waals surface area contributed by atoms with Gasteiger partial charge < -0.3 is 14.6 Å². The van der Waals surface area contributed by atoms with Crippen LogP contribution < -0.4 is 9.47 Å². The zero-order valence-corrected chi connectivity index (χ0v) is 13.9. The van der Waals surface area contributed by atoms with Crippen molar-refractivity contribution in [2.24, 2.45) is 0 Å². The minimum absolute atomic E-state index is 0.540. The van der Waals surface area contributed by atoms with Gasteiger partial charge in [0.15, 0.2) is 11.5 Å². The maximum atomic E-state index is 10.5. The molecule has 2 rings (SSSR count). The van der Waals surface area contributed by atoms with Crippen LogP contribution in [0, 0.1) is 6.92 Å². The summed E-state index contributed by atoms with van der Waals surface area (Å²) in [6, 6.07) is 5.47. The Balaban J connectivity index is 2.35. The van der Waals surface area contributed by atoms with Gasteiger partial charge in [-0.2, -0.15) is 0 Å². The minimum Gasteiger partial charge on any atom is -0.490 e. The molecule has 1 aromatic heterocycles. The number of aryl methyl sites for hydroxylation is 1. The highest BCUT2D eigenvalue weighted by molar-refractivity contribution is 7.10. The number of hydrogen-bond donors (Lipinski definition) is 1. The monoisotopic (exact) mass is 326 g/mol. The highest BCUT2D eigenvalue weighted by Gasteiger charge is 2.19. The van der Waals surface area contributed by atoms with Crippen molar-refractivity contribution in [2.45, 2.75) is 26.9 Å². The molecule has 5 heteroatoms. The maximum Gasteiger partial charge on any atom is 0.161 e. The van der Waals surface area contributed by atoms with E-state index in [4.69, 9.17) is 21.1 Å². The van der Waals surface area contributed by atoms with Gasteiger partial charge in [0.2, 0.25) is 0 Å². The molecule has 0 aliphatic rings. The van der Waals surface area contributed by atoms with Crippen molar-refractivity contribution >= 4 is 22.9 Å². The zero-order chi connectivity index (χ0) is 15.4. The second-order valence-electron chi connectivity index (χ2n) is 4.57. The topological polar surface area (TPSA) is 38.7 Å². The highest BCUT2D eigenvalue weighted by Crippen LogP contribution is 2.38. The Morgan fingerprint density at radius 3 is 2.43 bits per heavy atom. The van der Waals surface area contributed by atoms with Crippen molar-refractivity contribution in [2.75, 3.05) is 13.2 Å². The molecule has 1 unspecified atom stereocenters. The summed E-state index contributed by atoms with van der Waals surface area (Å²) in [6.45, 7) is 6.88. The van der Waals surface area contributed by atoms with E-state index in [2.05, 4.69) is 0 Å². The Morgan fingerprint density at radius 1 is 1.19 bits per heavy atom. The zero-order valence-electron chi connectivity index (χ0n) is 12.4. The van der Waals surface area contributed by atoms with Gasteiger partial charge in [-0.3, -0.25) is 0 Å². The molecule has 0 saturated heterocycles.